The second-order valence-electron chi connectivity index (χ2n) is 7.78. The van der Waals surface area contributed by atoms with E-state index in [1.807, 2.05) is 52.0 Å². The van der Waals surface area contributed by atoms with Gasteiger partial charge in [0.05, 0.1) is 22.9 Å². The molecule has 0 aromatic heterocycles. The zero-order valence-electron chi connectivity index (χ0n) is 16.0. The van der Waals surface area contributed by atoms with Crippen molar-refractivity contribution in [2.24, 2.45) is 0 Å². The number of nitrogens with zero attached hydrogens (tertiary/aromatic N) is 1. The number of aliphatic hydroxyl groups excluding tert-OH is 1. The summed E-state index contributed by atoms with van der Waals surface area (Å²) in [7, 11) is -1.38. The summed E-state index contributed by atoms with van der Waals surface area (Å²) >= 11 is 0. The summed E-state index contributed by atoms with van der Waals surface area (Å²) < 4.78 is 18.0. The van der Waals surface area contributed by atoms with E-state index in [0.29, 0.717) is 22.8 Å². The Hall–Kier alpha value is -1.66. The van der Waals surface area contributed by atoms with Crippen LogP contribution in [-0.4, -0.2) is 44.6 Å². The van der Waals surface area contributed by atoms with Crippen molar-refractivity contribution in [3.63, 3.8) is 0 Å². The number of benzene rings is 1. The summed E-state index contributed by atoms with van der Waals surface area (Å²) in [6.07, 6.45) is 0.473. The molecule has 1 amide bonds. The number of aliphatic hydroxyl groups is 1. The minimum atomic E-state index is -1.38. The topological polar surface area (TPSA) is 66.8 Å². The standard InChI is InChI=1S/C20H29NO4S/c1-14-8-10-16(11-9-14)26(24)15(2)13-18(22)17-7-6-12-21(17)19(23)25-20(3,4)5/h8-11,17-18,22H,2,6-7,12-13H2,1,3-5H3/t17-,18+,26+/m0/s1. The molecule has 1 heterocycles. The van der Waals surface area contributed by atoms with Crippen LogP contribution in [0.3, 0.4) is 0 Å². The van der Waals surface area contributed by atoms with Crippen molar-refractivity contribution in [1.29, 1.82) is 0 Å². The predicted molar refractivity (Wildman–Crippen MR) is 103 cm³/mol. The Morgan fingerprint density at radius 1 is 1.38 bits per heavy atom. The number of hydrogen-bond donors (Lipinski definition) is 1. The molecule has 1 fully saturated rings. The van der Waals surface area contributed by atoms with Crippen LogP contribution in [0, 0.1) is 6.92 Å². The molecule has 1 saturated heterocycles. The van der Waals surface area contributed by atoms with Gasteiger partial charge in [-0.3, -0.25) is 0 Å². The van der Waals surface area contributed by atoms with Gasteiger partial charge < -0.3 is 14.7 Å². The molecule has 0 radical (unpaired) electrons. The van der Waals surface area contributed by atoms with E-state index in [1.165, 1.54) is 0 Å². The first kappa shape index (κ1) is 20.6. The predicted octanol–water partition coefficient (Wildman–Crippen LogP) is 3.77. The fourth-order valence-corrected chi connectivity index (χ4v) is 4.05. The average Bonchev–Trinajstić information content (AvgIpc) is 3.03. The van der Waals surface area contributed by atoms with Crippen molar-refractivity contribution < 1.29 is 18.8 Å². The molecule has 0 spiro atoms. The SMILES string of the molecule is C=C(C[C@@H](O)[C@@H]1CCCN1C(=O)OC(C)(C)C)[S@@](=O)c1ccc(C)cc1. The summed E-state index contributed by atoms with van der Waals surface area (Å²) in [4.78, 5) is 15.1. The number of ether oxygens (including phenoxy) is 1. The van der Waals surface area contributed by atoms with Gasteiger partial charge in [0, 0.05) is 22.8 Å². The third-order valence-electron chi connectivity index (χ3n) is 4.31. The maximum Gasteiger partial charge on any atom is 0.410 e. The van der Waals surface area contributed by atoms with Crippen LogP contribution in [0.2, 0.25) is 0 Å². The van der Waals surface area contributed by atoms with Crippen LogP contribution >= 0.6 is 0 Å². The molecule has 144 valence electrons. The van der Waals surface area contributed by atoms with Gasteiger partial charge in [0.15, 0.2) is 0 Å². The van der Waals surface area contributed by atoms with Gasteiger partial charge in [0.1, 0.15) is 5.60 Å². The summed E-state index contributed by atoms with van der Waals surface area (Å²) in [5.41, 5.74) is 0.515. The highest BCUT2D eigenvalue weighted by molar-refractivity contribution is 7.89. The molecule has 0 aliphatic carbocycles. The lowest BCUT2D eigenvalue weighted by atomic mass is 10.1. The summed E-state index contributed by atoms with van der Waals surface area (Å²) in [6, 6.07) is 7.09. The second kappa shape index (κ2) is 8.35. The van der Waals surface area contributed by atoms with Crippen LogP contribution in [-0.2, 0) is 15.5 Å². The Labute approximate surface area is 158 Å². The summed E-state index contributed by atoms with van der Waals surface area (Å²) in [6.45, 7) is 11.9. The minimum absolute atomic E-state index is 0.185. The Morgan fingerprint density at radius 2 is 2.00 bits per heavy atom. The van der Waals surface area contributed by atoms with Crippen molar-refractivity contribution in [2.75, 3.05) is 6.54 Å². The average molecular weight is 380 g/mol. The van der Waals surface area contributed by atoms with E-state index in [-0.39, 0.29) is 12.5 Å². The fraction of sp³-hybridized carbons (Fsp3) is 0.550. The lowest BCUT2D eigenvalue weighted by Crippen LogP contribution is -2.45. The van der Waals surface area contributed by atoms with E-state index in [0.717, 1.165) is 12.0 Å². The van der Waals surface area contributed by atoms with Crippen LogP contribution in [0.5, 0.6) is 0 Å². The number of aryl methyl sites for hydroxylation is 1. The Kier molecular flexibility index (Phi) is 6.64. The first-order chi connectivity index (χ1) is 12.1. The van der Waals surface area contributed by atoms with Crippen molar-refractivity contribution in [3.05, 3.63) is 41.3 Å². The lowest BCUT2D eigenvalue weighted by Gasteiger charge is -2.31. The number of rotatable bonds is 5. The van der Waals surface area contributed by atoms with Crippen LogP contribution in [0.1, 0.15) is 45.6 Å². The van der Waals surface area contributed by atoms with E-state index in [2.05, 4.69) is 6.58 Å². The van der Waals surface area contributed by atoms with Crippen LogP contribution < -0.4 is 0 Å². The molecule has 26 heavy (non-hydrogen) atoms. The van der Waals surface area contributed by atoms with E-state index >= 15 is 0 Å². The molecule has 1 aliphatic heterocycles. The number of likely N-dealkylation sites (tertiary alicyclic amines) is 1. The molecule has 0 unspecified atom stereocenters. The summed E-state index contributed by atoms with van der Waals surface area (Å²) in [5, 5.41) is 10.6. The third-order valence-corrected chi connectivity index (χ3v) is 5.70. The molecule has 0 bridgehead atoms. The van der Waals surface area contributed by atoms with Gasteiger partial charge >= 0.3 is 6.09 Å². The molecule has 2 rings (SSSR count). The molecule has 1 N–H and O–H groups in total. The first-order valence-corrected chi connectivity index (χ1v) is 10.1. The molecular formula is C20H29NO4S. The highest BCUT2D eigenvalue weighted by Gasteiger charge is 2.36. The molecule has 1 aromatic rings. The number of hydrogen-bond acceptors (Lipinski definition) is 4. The zero-order chi connectivity index (χ0) is 19.5. The maximum atomic E-state index is 12.6. The van der Waals surface area contributed by atoms with Crippen LogP contribution in [0.4, 0.5) is 4.79 Å². The molecule has 0 saturated carbocycles. The third kappa shape index (κ3) is 5.42. The summed E-state index contributed by atoms with van der Waals surface area (Å²) in [5.74, 6) is 0. The van der Waals surface area contributed by atoms with Gasteiger partial charge in [-0.25, -0.2) is 9.00 Å². The number of carbonyl (C=O) groups is 1. The van der Waals surface area contributed by atoms with Crippen molar-refractivity contribution >= 4 is 16.9 Å². The molecule has 1 aliphatic rings. The van der Waals surface area contributed by atoms with Crippen molar-refractivity contribution in [1.82, 2.24) is 4.90 Å². The lowest BCUT2D eigenvalue weighted by molar-refractivity contribution is 0.00564. The highest BCUT2D eigenvalue weighted by atomic mass is 32.2. The largest absolute Gasteiger partial charge is 0.444 e. The smallest absolute Gasteiger partial charge is 0.410 e. The normalized spacial score (nSPS) is 19.9. The van der Waals surface area contributed by atoms with Crippen LogP contribution in [0.15, 0.2) is 40.6 Å². The molecule has 1 aromatic carbocycles. The van der Waals surface area contributed by atoms with E-state index in [1.54, 1.807) is 4.90 Å². The Bertz CT molecular complexity index is 678. The van der Waals surface area contributed by atoms with Crippen LogP contribution in [0.25, 0.3) is 0 Å². The van der Waals surface area contributed by atoms with E-state index in [9.17, 15) is 14.1 Å². The number of amides is 1. The fourth-order valence-electron chi connectivity index (χ4n) is 3.01. The molecule has 3 atom stereocenters. The van der Waals surface area contributed by atoms with Crippen molar-refractivity contribution in [2.45, 2.75) is 69.6 Å². The van der Waals surface area contributed by atoms with Gasteiger partial charge in [-0.1, -0.05) is 24.3 Å². The zero-order valence-corrected chi connectivity index (χ0v) is 16.8. The monoisotopic (exact) mass is 379 g/mol. The van der Waals surface area contributed by atoms with Gasteiger partial charge in [0.2, 0.25) is 0 Å². The van der Waals surface area contributed by atoms with Gasteiger partial charge in [-0.05, 0) is 52.7 Å². The Morgan fingerprint density at radius 3 is 2.58 bits per heavy atom. The second-order valence-corrected chi connectivity index (χ2v) is 9.36. The molecular weight excluding hydrogens is 350 g/mol. The van der Waals surface area contributed by atoms with Gasteiger partial charge in [-0.15, -0.1) is 0 Å². The first-order valence-electron chi connectivity index (χ1n) is 8.92. The molecule has 6 heteroatoms. The van der Waals surface area contributed by atoms with Gasteiger partial charge in [-0.2, -0.15) is 0 Å². The minimum Gasteiger partial charge on any atom is -0.444 e. The Balaban J connectivity index is 2.00. The van der Waals surface area contributed by atoms with Crippen molar-refractivity contribution in [3.8, 4) is 0 Å². The van der Waals surface area contributed by atoms with Gasteiger partial charge in [0.25, 0.3) is 0 Å². The maximum absolute atomic E-state index is 12.6. The van der Waals surface area contributed by atoms with E-state index in [4.69, 9.17) is 4.74 Å². The quantitative estimate of drug-likeness (QED) is 0.846. The highest BCUT2D eigenvalue weighted by Crippen LogP contribution is 2.27. The van der Waals surface area contributed by atoms with E-state index < -0.39 is 28.6 Å². The number of carbonyl (C=O) groups excluding carboxylic acids is 1. The molecule has 5 nitrogen and oxygen atoms in total.